The Labute approximate surface area is 182 Å². The molecule has 1 aliphatic carbocycles. The third-order valence-electron chi connectivity index (χ3n) is 4.94. The lowest BCUT2D eigenvalue weighted by atomic mass is 9.93. The number of nitrogens with two attached hydrogens (primary N) is 1. The zero-order valence-electron chi connectivity index (χ0n) is 17.4. The molecule has 2 unspecified atom stereocenters. The highest BCUT2D eigenvalue weighted by molar-refractivity contribution is 6.34. The maximum atomic E-state index is 12.4. The molecule has 1 amide bonds. The molecule has 0 radical (unpaired) electrons. The fourth-order valence-electron chi connectivity index (χ4n) is 3.59. The van der Waals surface area contributed by atoms with Gasteiger partial charge in [-0.05, 0) is 62.4 Å². The van der Waals surface area contributed by atoms with E-state index in [1.807, 2.05) is 24.3 Å². The summed E-state index contributed by atoms with van der Waals surface area (Å²) >= 11 is 6.44. The molecular formula is C22H29ClN6O. The van der Waals surface area contributed by atoms with Crippen molar-refractivity contribution in [3.05, 3.63) is 47.1 Å². The van der Waals surface area contributed by atoms with E-state index >= 15 is 0 Å². The second-order valence-electron chi connectivity index (χ2n) is 7.45. The lowest BCUT2D eigenvalue weighted by Crippen LogP contribution is -2.35. The Hall–Kier alpha value is -2.64. The Morgan fingerprint density at radius 2 is 2.00 bits per heavy atom. The van der Waals surface area contributed by atoms with Crippen molar-refractivity contribution in [3.63, 3.8) is 0 Å². The number of allylic oxidation sites excluding steroid dienone is 2. The van der Waals surface area contributed by atoms with Crippen molar-refractivity contribution >= 4 is 40.9 Å². The van der Waals surface area contributed by atoms with Crippen LogP contribution in [-0.2, 0) is 4.79 Å². The minimum absolute atomic E-state index is 0.0405. The van der Waals surface area contributed by atoms with Gasteiger partial charge < -0.3 is 16.4 Å². The van der Waals surface area contributed by atoms with Gasteiger partial charge >= 0.3 is 0 Å². The minimum atomic E-state index is -0.228. The molecule has 2 atom stereocenters. The fourth-order valence-corrected chi connectivity index (χ4v) is 3.81. The van der Waals surface area contributed by atoms with Crippen molar-refractivity contribution in [1.29, 1.82) is 0 Å². The second-order valence-corrected chi connectivity index (χ2v) is 7.86. The summed E-state index contributed by atoms with van der Waals surface area (Å²) in [7, 11) is 0. The number of carbonyl (C=O) groups excluding carboxylic acids is 1. The molecule has 4 N–H and O–H groups in total. The summed E-state index contributed by atoms with van der Waals surface area (Å²) in [6.07, 6.45) is 9.05. The number of benzene rings is 1. The van der Waals surface area contributed by atoms with Gasteiger partial charge in [-0.15, -0.1) is 0 Å². The van der Waals surface area contributed by atoms with Gasteiger partial charge in [-0.1, -0.05) is 25.4 Å². The second kappa shape index (κ2) is 10.4. The first-order chi connectivity index (χ1) is 14.5. The number of carbonyl (C=O) groups is 1. The van der Waals surface area contributed by atoms with Crippen molar-refractivity contribution < 1.29 is 4.79 Å². The summed E-state index contributed by atoms with van der Waals surface area (Å²) in [5.41, 5.74) is 8.94. The lowest BCUT2D eigenvalue weighted by Gasteiger charge is -2.28. The summed E-state index contributed by atoms with van der Waals surface area (Å²) in [5, 5.41) is 6.76. The molecule has 1 aromatic rings. The highest BCUT2D eigenvalue weighted by Gasteiger charge is 2.27. The van der Waals surface area contributed by atoms with E-state index in [2.05, 4.69) is 39.4 Å². The molecule has 7 nitrogen and oxygen atoms in total. The molecule has 0 bridgehead atoms. The molecule has 0 saturated heterocycles. The van der Waals surface area contributed by atoms with Crippen LogP contribution in [-0.4, -0.2) is 48.7 Å². The van der Waals surface area contributed by atoms with E-state index in [1.165, 1.54) is 0 Å². The normalized spacial score (nSPS) is 19.9. The Morgan fingerprint density at radius 1 is 1.23 bits per heavy atom. The van der Waals surface area contributed by atoms with Crippen LogP contribution < -0.4 is 16.4 Å². The van der Waals surface area contributed by atoms with Gasteiger partial charge in [0.25, 0.3) is 0 Å². The van der Waals surface area contributed by atoms with E-state index in [-0.39, 0.29) is 18.0 Å². The van der Waals surface area contributed by atoms with Crippen molar-refractivity contribution in [2.75, 3.05) is 30.3 Å². The van der Waals surface area contributed by atoms with Gasteiger partial charge in [0.15, 0.2) is 0 Å². The Morgan fingerprint density at radius 3 is 2.70 bits per heavy atom. The van der Waals surface area contributed by atoms with Gasteiger partial charge in [-0.2, -0.15) is 0 Å². The van der Waals surface area contributed by atoms with Gasteiger partial charge in [-0.25, -0.2) is 9.98 Å². The van der Waals surface area contributed by atoms with E-state index in [0.29, 0.717) is 23.0 Å². The zero-order chi connectivity index (χ0) is 21.5. The number of fused-ring (bicyclic) bond motifs is 1. The maximum Gasteiger partial charge on any atom is 0.238 e. The Balaban J connectivity index is 1.63. The first kappa shape index (κ1) is 22.1. The van der Waals surface area contributed by atoms with E-state index in [0.717, 1.165) is 37.3 Å². The van der Waals surface area contributed by atoms with Crippen LogP contribution in [0.15, 0.2) is 52.1 Å². The predicted molar refractivity (Wildman–Crippen MR) is 125 cm³/mol. The number of hydrogen-bond acceptors (Lipinski definition) is 6. The third-order valence-corrected chi connectivity index (χ3v) is 5.25. The molecular weight excluding hydrogens is 400 g/mol. The van der Waals surface area contributed by atoms with Crippen molar-refractivity contribution in [1.82, 2.24) is 4.90 Å². The number of nitrogens with zero attached hydrogens (tertiary/aromatic N) is 3. The largest absolute Gasteiger partial charge is 0.399 e. The monoisotopic (exact) mass is 428 g/mol. The number of hydrogen-bond donors (Lipinski definition) is 3. The highest BCUT2D eigenvalue weighted by atomic mass is 35.5. The van der Waals surface area contributed by atoms with E-state index in [4.69, 9.17) is 17.3 Å². The standard InChI is InChI=1S/C22H29ClN6O/c1-3-9-29(10-4-2)13-21(30)28-20-8-6-16(12-18(20)23)27-22-17-11-15(24)5-7-19(17)25-14-26-22/h5-8,11-12,14,17,22,27H,3-4,9-10,13,24H2,1-2H3,(H,28,30). The lowest BCUT2D eigenvalue weighted by molar-refractivity contribution is -0.117. The van der Waals surface area contributed by atoms with E-state index in [9.17, 15) is 4.79 Å². The molecule has 0 saturated carbocycles. The number of rotatable bonds is 9. The van der Waals surface area contributed by atoms with Crippen molar-refractivity contribution in [3.8, 4) is 0 Å². The SMILES string of the molecule is CCCN(CCC)CC(=O)Nc1ccc(NC2N=CN=C3C=CC(N)=CC32)cc1Cl. The van der Waals surface area contributed by atoms with Gasteiger partial charge in [0.2, 0.25) is 5.91 Å². The van der Waals surface area contributed by atoms with Crippen molar-refractivity contribution in [2.45, 2.75) is 32.9 Å². The number of nitrogens with one attached hydrogen (secondary N) is 2. The van der Waals surface area contributed by atoms with Crippen LogP contribution in [0.25, 0.3) is 0 Å². The highest BCUT2D eigenvalue weighted by Crippen LogP contribution is 2.28. The Kier molecular flexibility index (Phi) is 7.65. The summed E-state index contributed by atoms with van der Waals surface area (Å²) < 4.78 is 0. The molecule has 1 aromatic carbocycles. The van der Waals surface area contributed by atoms with Gasteiger partial charge in [0.1, 0.15) is 12.5 Å². The summed E-state index contributed by atoms with van der Waals surface area (Å²) in [4.78, 5) is 23.3. The first-order valence-corrected chi connectivity index (χ1v) is 10.7. The number of aliphatic imine (C=N–C) groups is 2. The fraction of sp³-hybridized carbons (Fsp3) is 0.409. The van der Waals surface area contributed by atoms with Crippen LogP contribution in [0.2, 0.25) is 5.02 Å². The van der Waals surface area contributed by atoms with Crippen LogP contribution in [0.1, 0.15) is 26.7 Å². The molecule has 30 heavy (non-hydrogen) atoms. The average molecular weight is 429 g/mol. The minimum Gasteiger partial charge on any atom is -0.399 e. The molecule has 0 fully saturated rings. The quantitative estimate of drug-likeness (QED) is 0.559. The molecule has 0 aromatic heterocycles. The number of halogens is 1. The van der Waals surface area contributed by atoms with Gasteiger partial charge in [-0.3, -0.25) is 9.69 Å². The van der Waals surface area contributed by atoms with Gasteiger partial charge in [0.05, 0.1) is 28.9 Å². The zero-order valence-corrected chi connectivity index (χ0v) is 18.2. The summed E-state index contributed by atoms with van der Waals surface area (Å²) in [6.45, 7) is 6.39. The van der Waals surface area contributed by atoms with Crippen LogP contribution in [0.3, 0.4) is 0 Å². The summed E-state index contributed by atoms with van der Waals surface area (Å²) in [5.74, 6) is -0.104. The average Bonchev–Trinajstić information content (AvgIpc) is 2.71. The predicted octanol–water partition coefficient (Wildman–Crippen LogP) is 3.65. The first-order valence-electron chi connectivity index (χ1n) is 10.3. The molecule has 0 spiro atoms. The van der Waals surface area contributed by atoms with Crippen LogP contribution >= 0.6 is 11.6 Å². The van der Waals surface area contributed by atoms with E-state index < -0.39 is 0 Å². The number of amides is 1. The topological polar surface area (TPSA) is 95.1 Å². The maximum absolute atomic E-state index is 12.4. The molecule has 8 heteroatoms. The van der Waals surface area contributed by atoms with Crippen LogP contribution in [0.5, 0.6) is 0 Å². The van der Waals surface area contributed by atoms with Crippen LogP contribution in [0, 0.1) is 5.92 Å². The summed E-state index contributed by atoms with van der Waals surface area (Å²) in [6, 6.07) is 5.47. The Bertz CT molecular complexity index is 886. The smallest absolute Gasteiger partial charge is 0.238 e. The van der Waals surface area contributed by atoms with E-state index in [1.54, 1.807) is 18.5 Å². The van der Waals surface area contributed by atoms with Crippen molar-refractivity contribution in [2.24, 2.45) is 21.6 Å². The molecule has 1 heterocycles. The molecule has 3 rings (SSSR count). The third kappa shape index (κ3) is 5.70. The number of anilines is 2. The van der Waals surface area contributed by atoms with Gasteiger partial charge in [0, 0.05) is 11.4 Å². The van der Waals surface area contributed by atoms with Crippen LogP contribution in [0.4, 0.5) is 11.4 Å². The molecule has 160 valence electrons. The molecule has 1 aliphatic heterocycles. The molecule has 2 aliphatic rings.